The second kappa shape index (κ2) is 21.2. The molecule has 4 heavy (non-hydrogen) atoms. The minimum atomic E-state index is 0. The van der Waals surface area contributed by atoms with E-state index in [1.54, 1.807) is 0 Å². The normalized spacial score (nSPS) is 0. The summed E-state index contributed by atoms with van der Waals surface area (Å²) in [4.78, 5) is 0. The fourth-order valence-electron chi connectivity index (χ4n) is 0. The van der Waals surface area contributed by atoms with Gasteiger partial charge in [-0.25, -0.2) is 0 Å². The molecule has 0 fully saturated rings. The molecule has 4 heteroatoms. The van der Waals surface area contributed by atoms with Gasteiger partial charge in [0, 0.05) is 58.6 Å². The Morgan fingerprint density at radius 2 is 0.750 bits per heavy atom. The summed E-state index contributed by atoms with van der Waals surface area (Å²) in [5.41, 5.74) is 0. The van der Waals surface area contributed by atoms with Crippen LogP contribution in [-0.2, 0) is 58.6 Å². The van der Waals surface area contributed by atoms with Crippen LogP contribution in [0.25, 0.3) is 0 Å². The van der Waals surface area contributed by atoms with Gasteiger partial charge in [0.2, 0.25) is 0 Å². The number of rotatable bonds is 0. The van der Waals surface area contributed by atoms with Gasteiger partial charge in [0.15, 0.2) is 0 Å². The van der Waals surface area contributed by atoms with Crippen LogP contribution in [0.4, 0.5) is 0 Å². The van der Waals surface area contributed by atoms with Gasteiger partial charge in [-0.1, -0.05) is 0 Å². The summed E-state index contributed by atoms with van der Waals surface area (Å²) < 4.78 is 0. The summed E-state index contributed by atoms with van der Waals surface area (Å²) in [6.07, 6.45) is 0. The third-order valence-electron chi connectivity index (χ3n) is 0. The topological polar surface area (TPSA) is 31.5 Å². The van der Waals surface area contributed by atoms with Crippen LogP contribution < -0.4 is 0 Å². The van der Waals surface area contributed by atoms with Gasteiger partial charge in [-0.2, -0.15) is 0 Å². The van der Waals surface area contributed by atoms with Gasteiger partial charge in [-0.05, 0) is 0 Å². The Morgan fingerprint density at radius 3 is 0.750 bits per heavy atom. The molecule has 0 aromatic heterocycles. The SMILES string of the molecule is O.[Ni].[Pt].[Pt]. The van der Waals surface area contributed by atoms with Gasteiger partial charge >= 0.3 is 0 Å². The smallest absolute Gasteiger partial charge is 0 e. The molecule has 0 aliphatic rings. The van der Waals surface area contributed by atoms with Crippen molar-refractivity contribution >= 4 is 0 Å². The summed E-state index contributed by atoms with van der Waals surface area (Å²) in [5.74, 6) is 0. The maximum atomic E-state index is 0. The Balaban J connectivity index is 0. The minimum Gasteiger partial charge on any atom is -0.412 e. The average molecular weight is 467 g/mol. The van der Waals surface area contributed by atoms with Crippen molar-refractivity contribution in [3.05, 3.63) is 0 Å². The second-order valence-electron chi connectivity index (χ2n) is 0. The second-order valence-corrected chi connectivity index (χ2v) is 0. The zero-order valence-corrected chi connectivity index (χ0v) is 6.98. The van der Waals surface area contributed by atoms with E-state index in [9.17, 15) is 0 Å². The van der Waals surface area contributed by atoms with Gasteiger partial charge in [0.05, 0.1) is 0 Å². The maximum Gasteiger partial charge on any atom is 0 e. The molecule has 2 N–H and O–H groups in total. The van der Waals surface area contributed by atoms with E-state index in [2.05, 4.69) is 0 Å². The van der Waals surface area contributed by atoms with Crippen molar-refractivity contribution in [1.82, 2.24) is 0 Å². The molecule has 0 radical (unpaired) electrons. The summed E-state index contributed by atoms with van der Waals surface area (Å²) in [7, 11) is 0. The Hall–Kier alpha value is 1.83. The first-order valence-electron chi connectivity index (χ1n) is 0. The van der Waals surface area contributed by atoms with E-state index in [1.165, 1.54) is 0 Å². The molecule has 0 unspecified atom stereocenters. The summed E-state index contributed by atoms with van der Waals surface area (Å²) in [6, 6.07) is 0. The van der Waals surface area contributed by atoms with Gasteiger partial charge in [0.1, 0.15) is 0 Å². The first-order valence-corrected chi connectivity index (χ1v) is 0. The van der Waals surface area contributed by atoms with Crippen LogP contribution in [0.1, 0.15) is 0 Å². The standard InChI is InChI=1S/Ni.H2O.2Pt/h;1H2;;. The first-order chi connectivity index (χ1) is 0. The fourth-order valence-corrected chi connectivity index (χ4v) is 0. The van der Waals surface area contributed by atoms with Crippen molar-refractivity contribution < 1.29 is 64.1 Å². The molecule has 0 amide bonds. The van der Waals surface area contributed by atoms with E-state index in [4.69, 9.17) is 0 Å². The van der Waals surface area contributed by atoms with Gasteiger partial charge in [-0.3, -0.25) is 0 Å². The van der Waals surface area contributed by atoms with E-state index in [0.717, 1.165) is 0 Å². The van der Waals surface area contributed by atoms with E-state index in [-0.39, 0.29) is 64.1 Å². The molecular formula is H2NiOPt2. The molecular weight excluding hydrogens is 465 g/mol. The monoisotopic (exact) mass is 466 g/mol. The Bertz CT molecular complexity index is 6.00. The van der Waals surface area contributed by atoms with Crippen LogP contribution in [0.2, 0.25) is 0 Å². The van der Waals surface area contributed by atoms with Crippen molar-refractivity contribution in [2.24, 2.45) is 0 Å². The molecule has 0 spiro atoms. The molecule has 0 saturated heterocycles. The zero-order valence-electron chi connectivity index (χ0n) is 1.45. The van der Waals surface area contributed by atoms with Crippen molar-refractivity contribution in [2.75, 3.05) is 0 Å². The molecule has 0 heterocycles. The summed E-state index contributed by atoms with van der Waals surface area (Å²) in [5, 5.41) is 0. The molecule has 0 rings (SSSR count). The third-order valence-corrected chi connectivity index (χ3v) is 0. The predicted molar refractivity (Wildman–Crippen MR) is 3.61 cm³/mol. The van der Waals surface area contributed by atoms with E-state index in [0.29, 0.717) is 0 Å². The number of hydrogen-bond acceptors (Lipinski definition) is 0. The van der Waals surface area contributed by atoms with Crippen molar-refractivity contribution in [1.29, 1.82) is 0 Å². The molecule has 1 nitrogen and oxygen atoms in total. The first kappa shape index (κ1) is 40.6. The van der Waals surface area contributed by atoms with Crippen LogP contribution >= 0.6 is 0 Å². The third kappa shape index (κ3) is 9.16. The van der Waals surface area contributed by atoms with Crippen LogP contribution in [0.5, 0.6) is 0 Å². The van der Waals surface area contributed by atoms with Crippen LogP contribution in [0, 0.1) is 0 Å². The zero-order chi connectivity index (χ0) is 0. The molecule has 0 aliphatic carbocycles. The van der Waals surface area contributed by atoms with E-state index < -0.39 is 0 Å². The number of hydrogen-bond donors (Lipinski definition) is 0. The molecule has 0 aromatic carbocycles. The van der Waals surface area contributed by atoms with Crippen molar-refractivity contribution in [2.45, 2.75) is 0 Å². The largest absolute Gasteiger partial charge is 0.412 e. The van der Waals surface area contributed by atoms with E-state index >= 15 is 0 Å². The van der Waals surface area contributed by atoms with E-state index in [1.807, 2.05) is 0 Å². The summed E-state index contributed by atoms with van der Waals surface area (Å²) >= 11 is 0. The molecule has 0 bridgehead atoms. The Labute approximate surface area is 63.7 Å². The maximum absolute atomic E-state index is 0. The van der Waals surface area contributed by atoms with Crippen molar-refractivity contribution in [3.63, 3.8) is 0 Å². The fraction of sp³-hybridized carbons (Fsp3) is 0. The van der Waals surface area contributed by atoms with Crippen LogP contribution in [-0.4, -0.2) is 5.48 Å². The molecule has 0 aliphatic heterocycles. The van der Waals surface area contributed by atoms with Gasteiger partial charge in [0.25, 0.3) is 0 Å². The van der Waals surface area contributed by atoms with Crippen molar-refractivity contribution in [3.8, 4) is 0 Å². The average Bonchev–Trinajstić information content (AvgIpc) is 0. The van der Waals surface area contributed by atoms with Crippen LogP contribution in [0.3, 0.4) is 0 Å². The predicted octanol–water partition coefficient (Wildman–Crippen LogP) is -0.832. The molecule has 0 saturated carbocycles. The van der Waals surface area contributed by atoms with Gasteiger partial charge in [-0.15, -0.1) is 0 Å². The minimum absolute atomic E-state index is 0. The van der Waals surface area contributed by atoms with Crippen LogP contribution in [0.15, 0.2) is 0 Å². The quantitative estimate of drug-likeness (QED) is 0.417. The molecule has 38 valence electrons. The molecule has 0 atom stereocenters. The summed E-state index contributed by atoms with van der Waals surface area (Å²) in [6.45, 7) is 0. The van der Waals surface area contributed by atoms with Gasteiger partial charge < -0.3 is 5.48 Å². The molecule has 0 aromatic rings. The Morgan fingerprint density at radius 1 is 0.750 bits per heavy atom. The Kier molecular flexibility index (Phi) is 215.